The van der Waals surface area contributed by atoms with Gasteiger partial charge in [-0.25, -0.2) is 9.59 Å². The van der Waals surface area contributed by atoms with Crippen molar-refractivity contribution in [2.45, 2.75) is 24.4 Å². The van der Waals surface area contributed by atoms with Crippen molar-refractivity contribution in [2.24, 2.45) is 0 Å². The van der Waals surface area contributed by atoms with Crippen LogP contribution in [0, 0.1) is 0 Å². The van der Waals surface area contributed by atoms with E-state index < -0.39 is 100 Å². The number of phenolic OH excluding ortho intramolecular Hbond substituents is 6. The number of ketones is 2. The molecule has 0 aliphatic heterocycles. The Morgan fingerprint density at radius 1 is 0.705 bits per heavy atom. The van der Waals surface area contributed by atoms with Crippen molar-refractivity contribution in [2.75, 3.05) is 6.61 Å². The number of aliphatic hydroxyl groups is 3. The van der Waals surface area contributed by atoms with Crippen LogP contribution in [-0.4, -0.2) is 100 Å². The van der Waals surface area contributed by atoms with Gasteiger partial charge in [0.1, 0.15) is 24.9 Å². The van der Waals surface area contributed by atoms with E-state index in [1.165, 1.54) is 6.08 Å². The number of phenols is 6. The van der Waals surface area contributed by atoms with Crippen molar-refractivity contribution in [3.05, 3.63) is 77.4 Å². The number of hydrogen-bond acceptors (Lipinski definition) is 15. The molecule has 0 unspecified atom stereocenters. The molecule has 9 N–H and O–H groups in total. The number of carbonyl (C=O) groups is 4. The fourth-order valence-corrected chi connectivity index (χ4v) is 3.65. The third kappa shape index (κ3) is 7.80. The first-order valence-corrected chi connectivity index (χ1v) is 12.4. The van der Waals surface area contributed by atoms with Crippen LogP contribution in [0.15, 0.2) is 60.7 Å². The predicted octanol–water partition coefficient (Wildman–Crippen LogP) is 0.237. The molecule has 44 heavy (non-hydrogen) atoms. The largest absolute Gasteiger partial charge is 0.504 e. The summed E-state index contributed by atoms with van der Waals surface area (Å²) in [5.41, 5.74) is -0.676. The maximum absolute atomic E-state index is 13.1. The fourth-order valence-electron chi connectivity index (χ4n) is 3.65. The summed E-state index contributed by atoms with van der Waals surface area (Å²) in [5, 5.41) is 89.0. The van der Waals surface area contributed by atoms with Crippen molar-refractivity contribution in [1.82, 2.24) is 0 Å². The molecule has 4 atom stereocenters. The first-order valence-electron chi connectivity index (χ1n) is 12.4. The van der Waals surface area contributed by atoms with Crippen LogP contribution in [0.1, 0.15) is 26.3 Å². The van der Waals surface area contributed by atoms with Gasteiger partial charge in [-0.3, -0.25) is 9.59 Å². The smallest absolute Gasteiger partial charge is 0.338 e. The van der Waals surface area contributed by atoms with Crippen molar-refractivity contribution in [1.29, 1.82) is 0 Å². The molecule has 3 rings (SSSR count). The Bertz CT molecular complexity index is 1530. The second kappa shape index (κ2) is 14.0. The van der Waals surface area contributed by atoms with Crippen LogP contribution in [0.5, 0.6) is 34.5 Å². The minimum absolute atomic E-state index is 0.488. The van der Waals surface area contributed by atoms with E-state index in [-0.39, 0.29) is 0 Å². The predicted molar refractivity (Wildman–Crippen MR) is 146 cm³/mol. The molecule has 0 bridgehead atoms. The SMILES string of the molecule is O=C(/C=C/c1ccccc1)O[C@@H](C(=O)C(=O)c1cc(O)c(O)c(O)c1)[C@@H](O)[C@H](O)[C@H](O)COC(=O)c1cc(O)c(O)c(O)c1. The third-order valence-corrected chi connectivity index (χ3v) is 6.01. The Morgan fingerprint density at radius 3 is 1.73 bits per heavy atom. The van der Waals surface area contributed by atoms with Gasteiger partial charge in [0.25, 0.3) is 0 Å². The van der Waals surface area contributed by atoms with Gasteiger partial charge in [0.2, 0.25) is 11.6 Å². The van der Waals surface area contributed by atoms with Crippen molar-refractivity contribution < 1.29 is 74.6 Å². The van der Waals surface area contributed by atoms with Crippen LogP contribution in [0.4, 0.5) is 0 Å². The molecular weight excluding hydrogens is 588 g/mol. The molecule has 0 heterocycles. The van der Waals surface area contributed by atoms with Crippen LogP contribution in [0.2, 0.25) is 0 Å². The second-order valence-corrected chi connectivity index (χ2v) is 9.17. The Labute approximate surface area is 247 Å². The molecule has 0 aliphatic carbocycles. The number of aliphatic hydroxyl groups excluding tert-OH is 3. The molecule has 15 nitrogen and oxygen atoms in total. The van der Waals surface area contributed by atoms with Crippen molar-refractivity contribution in [3.63, 3.8) is 0 Å². The Balaban J connectivity index is 1.81. The zero-order valence-electron chi connectivity index (χ0n) is 22.3. The summed E-state index contributed by atoms with van der Waals surface area (Å²) in [6.45, 7) is -1.07. The Kier molecular flexibility index (Phi) is 10.5. The van der Waals surface area contributed by atoms with Crippen LogP contribution >= 0.6 is 0 Å². The fraction of sp³-hybridized carbons (Fsp3) is 0.172. The molecule has 0 saturated heterocycles. The number of hydrogen-bond donors (Lipinski definition) is 9. The summed E-state index contributed by atoms with van der Waals surface area (Å²) in [7, 11) is 0. The van der Waals surface area contributed by atoms with E-state index in [1.54, 1.807) is 30.3 Å². The topological polar surface area (TPSA) is 269 Å². The Hall–Kier alpha value is -5.64. The van der Waals surface area contributed by atoms with Gasteiger partial charge in [-0.1, -0.05) is 30.3 Å². The number of ether oxygens (including phenoxy) is 2. The molecule has 0 spiro atoms. The summed E-state index contributed by atoms with van der Waals surface area (Å²) >= 11 is 0. The number of rotatable bonds is 12. The molecular formula is C29H26O15. The van der Waals surface area contributed by atoms with E-state index in [4.69, 9.17) is 9.47 Å². The highest BCUT2D eigenvalue weighted by Gasteiger charge is 2.41. The minimum Gasteiger partial charge on any atom is -0.504 e. The molecule has 3 aromatic carbocycles. The summed E-state index contributed by atoms with van der Waals surface area (Å²) in [5.74, 6) is -11.5. The quantitative estimate of drug-likeness (QED) is 0.0434. The summed E-state index contributed by atoms with van der Waals surface area (Å²) in [6.07, 6.45) is -7.54. The monoisotopic (exact) mass is 614 g/mol. The highest BCUT2D eigenvalue weighted by molar-refractivity contribution is 6.45. The van der Waals surface area contributed by atoms with Crippen LogP contribution < -0.4 is 0 Å². The number of Topliss-reactive ketones (excluding diaryl/α,β-unsaturated/α-hetero) is 2. The van der Waals surface area contributed by atoms with E-state index in [9.17, 15) is 65.1 Å². The zero-order valence-corrected chi connectivity index (χ0v) is 22.3. The lowest BCUT2D eigenvalue weighted by Crippen LogP contribution is -2.52. The lowest BCUT2D eigenvalue weighted by atomic mass is 9.95. The lowest BCUT2D eigenvalue weighted by molar-refractivity contribution is -0.166. The van der Waals surface area contributed by atoms with E-state index in [1.807, 2.05) is 0 Å². The first kappa shape index (κ1) is 32.9. The maximum atomic E-state index is 13.1. The molecule has 0 aromatic heterocycles. The number of carbonyl (C=O) groups excluding carboxylic acids is 4. The highest BCUT2D eigenvalue weighted by atomic mass is 16.6. The number of aromatic hydroxyl groups is 6. The molecule has 232 valence electrons. The lowest BCUT2D eigenvalue weighted by Gasteiger charge is -2.27. The van der Waals surface area contributed by atoms with Crippen LogP contribution in [0.3, 0.4) is 0 Å². The summed E-state index contributed by atoms with van der Waals surface area (Å²) in [4.78, 5) is 50.7. The van der Waals surface area contributed by atoms with Gasteiger partial charge < -0.3 is 55.4 Å². The minimum atomic E-state index is -2.53. The third-order valence-electron chi connectivity index (χ3n) is 6.01. The summed E-state index contributed by atoms with van der Waals surface area (Å²) < 4.78 is 9.71. The second-order valence-electron chi connectivity index (χ2n) is 9.17. The van der Waals surface area contributed by atoms with Gasteiger partial charge in [0.05, 0.1) is 5.56 Å². The van der Waals surface area contributed by atoms with E-state index in [2.05, 4.69) is 0 Å². The molecule has 15 heteroatoms. The molecule has 0 saturated carbocycles. The van der Waals surface area contributed by atoms with Crippen molar-refractivity contribution in [3.8, 4) is 34.5 Å². The molecule has 0 fully saturated rings. The first-order chi connectivity index (χ1) is 20.7. The van der Waals surface area contributed by atoms with Gasteiger partial charge >= 0.3 is 11.9 Å². The van der Waals surface area contributed by atoms with E-state index in [0.29, 0.717) is 17.7 Å². The summed E-state index contributed by atoms with van der Waals surface area (Å²) in [6, 6.07) is 10.9. The van der Waals surface area contributed by atoms with Gasteiger partial charge in [-0.2, -0.15) is 0 Å². The molecule has 3 aromatic rings. The van der Waals surface area contributed by atoms with E-state index in [0.717, 1.165) is 18.2 Å². The maximum Gasteiger partial charge on any atom is 0.338 e. The average Bonchev–Trinajstić information content (AvgIpc) is 3.01. The van der Waals surface area contributed by atoms with Gasteiger partial charge in [0.15, 0.2) is 40.6 Å². The van der Waals surface area contributed by atoms with Crippen LogP contribution in [-0.2, 0) is 19.1 Å². The molecule has 0 aliphatic rings. The van der Waals surface area contributed by atoms with Crippen molar-refractivity contribution >= 4 is 29.6 Å². The molecule has 0 radical (unpaired) electrons. The standard InChI is InChI=1S/C29H26O15/c30-16-8-14(9-17(31)23(16)37)22(36)26(40)28(44-21(35)7-6-13-4-2-1-3-5-13)27(41)25(39)20(34)12-43-29(42)15-10-18(32)24(38)19(33)11-15/h1-11,20,25,27-28,30-34,37-39,41H,12H2/b7-6+/t20-,25-,27+,28+/m1/s1. The number of benzene rings is 3. The average molecular weight is 615 g/mol. The van der Waals surface area contributed by atoms with E-state index >= 15 is 0 Å². The van der Waals surface area contributed by atoms with Gasteiger partial charge in [-0.05, 0) is 35.9 Å². The van der Waals surface area contributed by atoms with Crippen LogP contribution in [0.25, 0.3) is 6.08 Å². The Morgan fingerprint density at radius 2 is 1.20 bits per heavy atom. The molecule has 0 amide bonds. The van der Waals surface area contributed by atoms with Gasteiger partial charge in [-0.15, -0.1) is 0 Å². The zero-order chi connectivity index (χ0) is 32.7. The normalized spacial score (nSPS) is 13.9. The van der Waals surface area contributed by atoms with Gasteiger partial charge in [0, 0.05) is 11.6 Å². The number of esters is 2. The highest BCUT2D eigenvalue weighted by Crippen LogP contribution is 2.36.